The van der Waals surface area contributed by atoms with E-state index in [1.54, 1.807) is 46.7 Å². The zero-order valence-corrected chi connectivity index (χ0v) is 18.4. The second-order valence-electron chi connectivity index (χ2n) is 6.24. The molecular weight excluding hydrogens is 408 g/mol. The van der Waals surface area contributed by atoms with Gasteiger partial charge in [-0.1, -0.05) is 33.7 Å². The number of nitrogens with two attached hydrogens (primary N) is 1. The second-order valence-corrected chi connectivity index (χ2v) is 8.63. The fraction of sp³-hybridized carbons (Fsp3) is 0.350. The number of rotatable bonds is 11. The summed E-state index contributed by atoms with van der Waals surface area (Å²) >= 11 is 0. The van der Waals surface area contributed by atoms with Crippen molar-refractivity contribution in [3.8, 4) is 5.75 Å². The summed E-state index contributed by atoms with van der Waals surface area (Å²) in [7, 11) is 4.84. The van der Waals surface area contributed by atoms with Gasteiger partial charge in [-0.15, -0.1) is 0 Å². The minimum absolute atomic E-state index is 0.00186. The molecule has 0 spiro atoms. The third-order valence-corrected chi connectivity index (χ3v) is 6.76. The maximum Gasteiger partial charge on any atom is 0.214 e. The van der Waals surface area contributed by atoms with Crippen LogP contribution in [0.2, 0.25) is 0 Å². The smallest absolute Gasteiger partial charge is 0.214 e. The summed E-state index contributed by atoms with van der Waals surface area (Å²) in [4.78, 5) is 22.5. The van der Waals surface area contributed by atoms with E-state index >= 15 is 0 Å². The molecule has 1 aromatic carbocycles. The van der Waals surface area contributed by atoms with Gasteiger partial charge in [0.25, 0.3) is 0 Å². The zero-order chi connectivity index (χ0) is 21.2. The predicted octanol–water partition coefficient (Wildman–Crippen LogP) is 3.53. The Kier molecular flexibility index (Phi) is 9.30. The number of methoxy groups -OCH3 is 1. The van der Waals surface area contributed by atoms with Crippen molar-refractivity contribution >= 4 is 33.8 Å². The van der Waals surface area contributed by atoms with Crippen LogP contribution in [-0.2, 0) is 17.1 Å². The Morgan fingerprint density at radius 1 is 1.41 bits per heavy atom. The molecule has 9 heteroatoms. The fourth-order valence-corrected chi connectivity index (χ4v) is 5.08. The first kappa shape index (κ1) is 23.1. The quantitative estimate of drug-likeness (QED) is 0.409. The van der Waals surface area contributed by atoms with Crippen LogP contribution in [0.25, 0.3) is 0 Å². The first-order chi connectivity index (χ1) is 14.0. The molecular formula is C20H26N4O3S2. The molecule has 0 saturated carbocycles. The number of benzene rings is 1. The van der Waals surface area contributed by atoms with Gasteiger partial charge in [-0.05, 0) is 31.5 Å². The summed E-state index contributed by atoms with van der Waals surface area (Å²) in [5.41, 5.74) is 8.55. The van der Waals surface area contributed by atoms with Crippen molar-refractivity contribution in [3.63, 3.8) is 0 Å². The van der Waals surface area contributed by atoms with Crippen LogP contribution in [0.3, 0.4) is 0 Å². The molecule has 2 aromatic rings. The minimum atomic E-state index is 0.00186. The summed E-state index contributed by atoms with van der Waals surface area (Å²) in [5, 5.41) is 9.47. The number of aromatic nitrogens is 2. The molecule has 29 heavy (non-hydrogen) atoms. The highest BCUT2D eigenvalue weighted by Gasteiger charge is 2.14. The van der Waals surface area contributed by atoms with Crippen LogP contribution in [-0.4, -0.2) is 40.1 Å². The number of hydrogen-bond donors (Lipinski definition) is 2. The van der Waals surface area contributed by atoms with Gasteiger partial charge in [0.15, 0.2) is 0 Å². The maximum atomic E-state index is 11.7. The van der Waals surface area contributed by atoms with E-state index in [0.717, 1.165) is 34.1 Å². The number of aliphatic hydroxyl groups is 1. The standard InChI is InChI=1S/C20H26N4O3S2/c1-14(24(13-26)11-17-10-22-15(2)23-20(17)21)19(7-8-25)29-28-12-16-5-4-6-18(9-16)27-3/h4-6,9-10,13,25H,7-8,11-12H2,1-3H3,(H2,21,22,23)/b19-14-. The van der Waals surface area contributed by atoms with Gasteiger partial charge in [0.1, 0.15) is 17.4 Å². The summed E-state index contributed by atoms with van der Waals surface area (Å²) < 4.78 is 5.25. The summed E-state index contributed by atoms with van der Waals surface area (Å²) in [6.07, 6.45) is 2.86. The van der Waals surface area contributed by atoms with Crippen molar-refractivity contribution in [2.24, 2.45) is 0 Å². The van der Waals surface area contributed by atoms with Gasteiger partial charge in [0, 0.05) is 41.1 Å². The van der Waals surface area contributed by atoms with Gasteiger partial charge in [0.2, 0.25) is 6.41 Å². The van der Waals surface area contributed by atoms with Gasteiger partial charge < -0.3 is 20.5 Å². The number of aryl methyl sites for hydroxylation is 1. The third-order valence-electron chi connectivity index (χ3n) is 4.18. The largest absolute Gasteiger partial charge is 0.497 e. The van der Waals surface area contributed by atoms with E-state index in [2.05, 4.69) is 9.97 Å². The highest BCUT2D eigenvalue weighted by atomic mass is 33.1. The molecule has 0 aliphatic carbocycles. The molecule has 0 bridgehead atoms. The molecule has 3 N–H and O–H groups in total. The Morgan fingerprint density at radius 2 is 2.21 bits per heavy atom. The Morgan fingerprint density at radius 3 is 2.86 bits per heavy atom. The number of aliphatic hydroxyl groups excluding tert-OH is 1. The average Bonchev–Trinajstić information content (AvgIpc) is 2.72. The lowest BCUT2D eigenvalue weighted by atomic mass is 10.2. The summed E-state index contributed by atoms with van der Waals surface area (Å²) in [6, 6.07) is 7.90. The topological polar surface area (TPSA) is 102 Å². The number of carbonyl (C=O) groups is 1. The van der Waals surface area contributed by atoms with E-state index in [1.807, 2.05) is 31.2 Å². The fourth-order valence-electron chi connectivity index (χ4n) is 2.53. The van der Waals surface area contributed by atoms with E-state index in [9.17, 15) is 9.90 Å². The number of hydrogen-bond acceptors (Lipinski definition) is 8. The molecule has 0 aliphatic heterocycles. The molecule has 0 saturated heterocycles. The molecule has 1 amide bonds. The zero-order valence-electron chi connectivity index (χ0n) is 16.8. The highest BCUT2D eigenvalue weighted by molar-refractivity contribution is 8.77. The minimum Gasteiger partial charge on any atom is -0.497 e. The van der Waals surface area contributed by atoms with Crippen molar-refractivity contribution in [3.05, 3.63) is 58.0 Å². The number of carbonyl (C=O) groups excluding carboxylic acids is 1. The van der Waals surface area contributed by atoms with E-state index < -0.39 is 0 Å². The Labute approximate surface area is 179 Å². The first-order valence-corrected chi connectivity index (χ1v) is 11.3. The van der Waals surface area contributed by atoms with Crippen molar-refractivity contribution in [2.45, 2.75) is 32.6 Å². The molecule has 2 rings (SSSR count). The molecule has 1 heterocycles. The van der Waals surface area contributed by atoms with Crippen LogP contribution in [0.4, 0.5) is 5.82 Å². The van der Waals surface area contributed by atoms with Gasteiger partial charge in [-0.3, -0.25) is 4.79 Å². The molecule has 7 nitrogen and oxygen atoms in total. The summed E-state index contributed by atoms with van der Waals surface area (Å²) in [6.45, 7) is 3.90. The SMILES string of the molecule is COc1cccc(CSS/C(CCO)=C(/C)N(C=O)Cc2cnc(C)nc2N)c1. The number of ether oxygens (including phenoxy) is 1. The molecule has 0 fully saturated rings. The number of nitrogen functional groups attached to an aromatic ring is 1. The normalized spacial score (nSPS) is 11.7. The second kappa shape index (κ2) is 11.7. The average molecular weight is 435 g/mol. The van der Waals surface area contributed by atoms with Crippen LogP contribution < -0.4 is 10.5 Å². The van der Waals surface area contributed by atoms with Gasteiger partial charge in [0.05, 0.1) is 13.7 Å². The van der Waals surface area contributed by atoms with E-state index in [-0.39, 0.29) is 13.2 Å². The Bertz CT molecular complexity index is 861. The number of amides is 1. The molecule has 156 valence electrons. The summed E-state index contributed by atoms with van der Waals surface area (Å²) in [5.74, 6) is 2.53. The van der Waals surface area contributed by atoms with E-state index in [0.29, 0.717) is 23.6 Å². The van der Waals surface area contributed by atoms with Crippen LogP contribution in [0, 0.1) is 6.92 Å². The highest BCUT2D eigenvalue weighted by Crippen LogP contribution is 2.37. The Balaban J connectivity index is 2.10. The van der Waals surface area contributed by atoms with Crippen LogP contribution in [0.1, 0.15) is 30.3 Å². The Hall–Kier alpha value is -2.23. The third kappa shape index (κ3) is 6.95. The molecule has 0 atom stereocenters. The first-order valence-electron chi connectivity index (χ1n) is 9.01. The lowest BCUT2D eigenvalue weighted by Crippen LogP contribution is -2.21. The number of allylic oxidation sites excluding steroid dienone is 1. The van der Waals surface area contributed by atoms with Gasteiger partial charge in [-0.25, -0.2) is 9.97 Å². The van der Waals surface area contributed by atoms with Crippen LogP contribution in [0.5, 0.6) is 5.75 Å². The molecule has 0 radical (unpaired) electrons. The predicted molar refractivity (Wildman–Crippen MR) is 119 cm³/mol. The van der Waals surface area contributed by atoms with Crippen LogP contribution >= 0.6 is 21.6 Å². The lowest BCUT2D eigenvalue weighted by Gasteiger charge is -2.22. The van der Waals surface area contributed by atoms with Gasteiger partial charge >= 0.3 is 0 Å². The molecule has 0 aliphatic rings. The number of anilines is 1. The van der Waals surface area contributed by atoms with Crippen molar-refractivity contribution in [2.75, 3.05) is 19.5 Å². The van der Waals surface area contributed by atoms with Crippen molar-refractivity contribution in [1.29, 1.82) is 0 Å². The van der Waals surface area contributed by atoms with Crippen molar-refractivity contribution < 1.29 is 14.6 Å². The van der Waals surface area contributed by atoms with Crippen LogP contribution in [0.15, 0.2) is 41.1 Å². The molecule has 1 aromatic heterocycles. The van der Waals surface area contributed by atoms with Gasteiger partial charge in [-0.2, -0.15) is 0 Å². The molecule has 0 unspecified atom stereocenters. The lowest BCUT2D eigenvalue weighted by molar-refractivity contribution is -0.116. The van der Waals surface area contributed by atoms with E-state index in [4.69, 9.17) is 10.5 Å². The van der Waals surface area contributed by atoms with E-state index in [1.165, 1.54) is 0 Å². The monoisotopic (exact) mass is 434 g/mol. The number of nitrogens with zero attached hydrogens (tertiary/aromatic N) is 3. The maximum absolute atomic E-state index is 11.7. The van der Waals surface area contributed by atoms with Crippen molar-refractivity contribution in [1.82, 2.24) is 14.9 Å².